The number of hydrogen-bond acceptors (Lipinski definition) is 1. The van der Waals surface area contributed by atoms with Crippen molar-refractivity contribution in [3.05, 3.63) is 156 Å². The summed E-state index contributed by atoms with van der Waals surface area (Å²) in [4.78, 5) is 13.8. The molecule has 0 aliphatic carbocycles. The normalized spacial score (nSPS) is 12.2. The molecule has 0 bridgehead atoms. The number of benzene rings is 7. The van der Waals surface area contributed by atoms with Crippen LogP contribution in [0.4, 0.5) is 0 Å². The minimum atomic E-state index is 0.0337. The van der Waals surface area contributed by atoms with Gasteiger partial charge >= 0.3 is 0 Å². The van der Waals surface area contributed by atoms with Crippen molar-refractivity contribution >= 4 is 70.5 Å². The Kier molecular flexibility index (Phi) is 4.59. The van der Waals surface area contributed by atoms with Crippen LogP contribution in [0.15, 0.2) is 150 Å². The second-order valence-corrected chi connectivity index (χ2v) is 11.7. The highest BCUT2D eigenvalue weighted by Crippen LogP contribution is 2.41. The molecule has 204 valence electrons. The first-order valence-electron chi connectivity index (χ1n) is 15.0. The number of aromatic nitrogens is 2. The van der Waals surface area contributed by atoms with Crippen molar-refractivity contribution in [3.8, 4) is 16.8 Å². The van der Waals surface area contributed by atoms with Crippen molar-refractivity contribution in [3.63, 3.8) is 0 Å². The van der Waals surface area contributed by atoms with Crippen molar-refractivity contribution in [2.24, 2.45) is 0 Å². The monoisotopic (exact) mass is 560 g/mol. The molecule has 0 aliphatic rings. The lowest BCUT2D eigenvalue weighted by Crippen LogP contribution is -2.12. The fourth-order valence-corrected chi connectivity index (χ4v) is 7.53. The Labute approximate surface area is 251 Å². The smallest absolute Gasteiger partial charge is 0.263 e. The largest absolute Gasteiger partial charge is 0.309 e. The SMILES string of the molecule is O=c1c2ccccc2c2cc(-c3cc(-n4c5ccccc5c5ccccc54)c4ccccc4c3)cc3c4ccccc4n1c23. The molecule has 44 heavy (non-hydrogen) atoms. The Bertz CT molecular complexity index is 2800. The highest BCUT2D eigenvalue weighted by Gasteiger charge is 2.20. The molecule has 3 heterocycles. The highest BCUT2D eigenvalue weighted by molar-refractivity contribution is 6.21. The van der Waals surface area contributed by atoms with Gasteiger partial charge in [0.05, 0.1) is 27.8 Å². The topological polar surface area (TPSA) is 26.4 Å². The van der Waals surface area contributed by atoms with Crippen LogP contribution in [0.3, 0.4) is 0 Å². The number of para-hydroxylation sites is 3. The first-order chi connectivity index (χ1) is 21.8. The number of rotatable bonds is 2. The van der Waals surface area contributed by atoms with Gasteiger partial charge in [0.25, 0.3) is 5.56 Å². The molecule has 0 radical (unpaired) electrons. The van der Waals surface area contributed by atoms with Gasteiger partial charge in [-0.2, -0.15) is 0 Å². The predicted octanol–water partition coefficient (Wildman–Crippen LogP) is 10.1. The zero-order valence-corrected chi connectivity index (χ0v) is 23.7. The third-order valence-electron chi connectivity index (χ3n) is 9.41. The molecule has 3 aromatic heterocycles. The van der Waals surface area contributed by atoms with Gasteiger partial charge in [-0.15, -0.1) is 0 Å². The van der Waals surface area contributed by atoms with Crippen LogP contribution in [0, 0.1) is 0 Å². The second kappa shape index (κ2) is 8.56. The minimum absolute atomic E-state index is 0.0337. The summed E-state index contributed by atoms with van der Waals surface area (Å²) in [7, 11) is 0. The maximum atomic E-state index is 13.8. The molecular weight excluding hydrogens is 536 g/mol. The van der Waals surface area contributed by atoms with Crippen molar-refractivity contribution in [2.75, 3.05) is 0 Å². The molecule has 0 aliphatic heterocycles. The molecule has 0 unspecified atom stereocenters. The Morgan fingerprint density at radius 2 is 0.864 bits per heavy atom. The summed E-state index contributed by atoms with van der Waals surface area (Å²) in [6.07, 6.45) is 0. The van der Waals surface area contributed by atoms with Gasteiger partial charge in [0.1, 0.15) is 0 Å². The van der Waals surface area contributed by atoms with Gasteiger partial charge < -0.3 is 4.57 Å². The zero-order valence-electron chi connectivity index (χ0n) is 23.7. The molecular formula is C41H24N2O. The zero-order chi connectivity index (χ0) is 28.9. The average molecular weight is 561 g/mol. The molecule has 0 spiro atoms. The van der Waals surface area contributed by atoms with Crippen LogP contribution in [-0.2, 0) is 0 Å². The molecule has 3 nitrogen and oxygen atoms in total. The van der Waals surface area contributed by atoms with Gasteiger partial charge in [-0.3, -0.25) is 9.20 Å². The van der Waals surface area contributed by atoms with E-state index in [0.717, 1.165) is 54.8 Å². The number of hydrogen-bond donors (Lipinski definition) is 0. The Hall–Kier alpha value is -5.93. The number of nitrogens with zero attached hydrogens (tertiary/aromatic N) is 2. The van der Waals surface area contributed by atoms with E-state index >= 15 is 0 Å². The summed E-state index contributed by atoms with van der Waals surface area (Å²) in [6, 6.07) is 51.5. The molecule has 10 aromatic rings. The van der Waals surface area contributed by atoms with Gasteiger partial charge in [0.15, 0.2) is 0 Å². The van der Waals surface area contributed by atoms with E-state index in [1.165, 1.54) is 32.6 Å². The summed E-state index contributed by atoms with van der Waals surface area (Å²) < 4.78 is 4.33. The maximum Gasteiger partial charge on any atom is 0.263 e. The van der Waals surface area contributed by atoms with Crippen LogP contribution in [0.25, 0.3) is 87.4 Å². The van der Waals surface area contributed by atoms with Gasteiger partial charge in [-0.25, -0.2) is 0 Å². The first-order valence-corrected chi connectivity index (χ1v) is 15.0. The lowest BCUT2D eigenvalue weighted by Gasteiger charge is -2.15. The summed E-state index contributed by atoms with van der Waals surface area (Å²) in [6.45, 7) is 0. The Morgan fingerprint density at radius 3 is 1.55 bits per heavy atom. The Morgan fingerprint density at radius 1 is 0.386 bits per heavy atom. The summed E-state index contributed by atoms with van der Waals surface area (Å²) >= 11 is 0. The molecule has 10 rings (SSSR count). The molecule has 0 N–H and O–H groups in total. The van der Waals surface area contributed by atoms with Crippen LogP contribution < -0.4 is 5.56 Å². The number of fused-ring (bicyclic) bond motifs is 9. The van der Waals surface area contributed by atoms with Crippen LogP contribution in [0.5, 0.6) is 0 Å². The van der Waals surface area contributed by atoms with E-state index in [1.54, 1.807) is 0 Å². The van der Waals surface area contributed by atoms with Gasteiger partial charge in [0.2, 0.25) is 0 Å². The van der Waals surface area contributed by atoms with Gasteiger partial charge in [-0.05, 0) is 70.4 Å². The Balaban J connectivity index is 1.36. The summed E-state index contributed by atoms with van der Waals surface area (Å²) in [5.74, 6) is 0. The molecule has 0 atom stereocenters. The second-order valence-electron chi connectivity index (χ2n) is 11.7. The van der Waals surface area contributed by atoms with Crippen molar-refractivity contribution < 1.29 is 0 Å². The molecule has 0 fully saturated rings. The summed E-state index contributed by atoms with van der Waals surface area (Å²) in [5.41, 5.74) is 7.78. The number of pyridine rings is 1. The fraction of sp³-hybridized carbons (Fsp3) is 0. The quantitative estimate of drug-likeness (QED) is 0.193. The molecule has 0 amide bonds. The molecule has 0 saturated heterocycles. The van der Waals surface area contributed by atoms with Crippen LogP contribution in [0.1, 0.15) is 0 Å². The van der Waals surface area contributed by atoms with E-state index in [0.29, 0.717) is 0 Å². The minimum Gasteiger partial charge on any atom is -0.309 e. The van der Waals surface area contributed by atoms with E-state index in [9.17, 15) is 4.79 Å². The maximum absolute atomic E-state index is 13.8. The van der Waals surface area contributed by atoms with E-state index < -0.39 is 0 Å². The molecule has 7 aromatic carbocycles. The predicted molar refractivity (Wildman–Crippen MR) is 185 cm³/mol. The molecule has 0 saturated carbocycles. The lowest BCUT2D eigenvalue weighted by molar-refractivity contribution is 1.20. The van der Waals surface area contributed by atoms with Crippen molar-refractivity contribution in [2.45, 2.75) is 0 Å². The van der Waals surface area contributed by atoms with Gasteiger partial charge in [0, 0.05) is 37.7 Å². The summed E-state index contributed by atoms with van der Waals surface area (Å²) in [5, 5.41) is 9.90. The van der Waals surface area contributed by atoms with E-state index in [-0.39, 0.29) is 5.56 Å². The third-order valence-corrected chi connectivity index (χ3v) is 9.41. The van der Waals surface area contributed by atoms with Crippen LogP contribution in [-0.4, -0.2) is 8.97 Å². The average Bonchev–Trinajstić information content (AvgIpc) is 3.60. The molecule has 3 heteroatoms. The van der Waals surface area contributed by atoms with E-state index in [2.05, 4.69) is 126 Å². The van der Waals surface area contributed by atoms with Gasteiger partial charge in [-0.1, -0.05) is 97.1 Å². The fourth-order valence-electron chi connectivity index (χ4n) is 7.53. The van der Waals surface area contributed by atoms with Crippen molar-refractivity contribution in [1.29, 1.82) is 0 Å². The lowest BCUT2D eigenvalue weighted by atomic mass is 9.95. The standard InChI is InChI=1S/C41H24N2O/c44-41-33-17-4-3-13-29(33)34-22-27(23-35-32-16-7-10-20-38(32)43(41)40(34)35)26-21-25-11-1-2-12-28(25)39(24-26)42-36-18-8-5-14-30(36)31-15-6-9-19-37(31)42/h1-24H. The van der Waals surface area contributed by atoms with Crippen LogP contribution >= 0.6 is 0 Å². The van der Waals surface area contributed by atoms with Crippen molar-refractivity contribution in [1.82, 2.24) is 8.97 Å². The van der Waals surface area contributed by atoms with Crippen LogP contribution in [0.2, 0.25) is 0 Å². The first kappa shape index (κ1) is 23.6. The van der Waals surface area contributed by atoms with E-state index in [1.807, 2.05) is 28.7 Å². The van der Waals surface area contributed by atoms with E-state index in [4.69, 9.17) is 0 Å². The highest BCUT2D eigenvalue weighted by atomic mass is 16.1. The third kappa shape index (κ3) is 3.03.